The maximum atomic E-state index is 5.53. The Morgan fingerprint density at radius 2 is 0.468 bits per heavy atom. The number of fused-ring (bicyclic) bond motifs is 16. The molecular formula is C116H72N6S2. The number of hydrogen-bond donors (Lipinski definition) is 0. The molecule has 0 unspecified atom stereocenters. The molecule has 124 heavy (non-hydrogen) atoms. The van der Waals surface area contributed by atoms with Crippen LogP contribution in [0.3, 0.4) is 0 Å². The average Bonchev–Trinajstić information content (AvgIpc) is 0.832. The molecule has 0 aliphatic rings. The van der Waals surface area contributed by atoms with Crippen LogP contribution in [0.5, 0.6) is 0 Å². The Labute approximate surface area is 724 Å². The number of benzene rings is 18. The summed E-state index contributed by atoms with van der Waals surface area (Å²) < 4.78 is 4.91. The summed E-state index contributed by atoms with van der Waals surface area (Å²) in [5.74, 6) is 1.37. The first-order valence-electron chi connectivity index (χ1n) is 41.8. The van der Waals surface area contributed by atoms with E-state index in [2.05, 4.69) is 388 Å². The minimum absolute atomic E-state index is 0.679. The van der Waals surface area contributed by atoms with Gasteiger partial charge in [0, 0.05) is 91.8 Å². The van der Waals surface area contributed by atoms with Gasteiger partial charge in [0.25, 0.3) is 0 Å². The largest absolute Gasteiger partial charge is 0.246 e. The third-order valence-electron chi connectivity index (χ3n) is 24.0. The van der Waals surface area contributed by atoms with Gasteiger partial charge >= 0.3 is 0 Å². The second-order valence-corrected chi connectivity index (χ2v) is 33.6. The number of rotatable bonds is 13. The Balaban J connectivity index is 0.000000144. The zero-order valence-corrected chi connectivity index (χ0v) is 68.7. The van der Waals surface area contributed by atoms with Crippen LogP contribution in [-0.2, 0) is 0 Å². The van der Waals surface area contributed by atoms with Crippen molar-refractivity contribution in [3.63, 3.8) is 0 Å². The van der Waals surface area contributed by atoms with Crippen LogP contribution in [0, 0.1) is 0 Å². The summed E-state index contributed by atoms with van der Waals surface area (Å²) in [6.45, 7) is 0. The predicted molar refractivity (Wildman–Crippen MR) is 524 cm³/mol. The van der Waals surface area contributed by atoms with E-state index < -0.39 is 0 Å². The van der Waals surface area contributed by atoms with E-state index in [1.807, 2.05) is 71.2 Å². The molecular weight excluding hydrogens is 1540 g/mol. The molecule has 24 aromatic rings. The Bertz CT molecular complexity index is 8030. The zero-order chi connectivity index (χ0) is 82.0. The van der Waals surface area contributed by atoms with Crippen molar-refractivity contribution in [2.24, 2.45) is 0 Å². The molecule has 8 heteroatoms. The van der Waals surface area contributed by atoms with Crippen molar-refractivity contribution < 1.29 is 0 Å². The molecule has 0 atom stereocenters. The summed E-state index contributed by atoms with van der Waals surface area (Å²) in [6, 6.07) is 155. The van der Waals surface area contributed by atoms with E-state index in [-0.39, 0.29) is 0 Å². The fraction of sp³-hybridized carbons (Fsp3) is 0. The van der Waals surface area contributed by atoms with Crippen molar-refractivity contribution >= 4 is 117 Å². The van der Waals surface area contributed by atoms with Crippen LogP contribution >= 0.6 is 22.7 Å². The molecule has 0 saturated heterocycles. The van der Waals surface area contributed by atoms with Gasteiger partial charge in [-0.25, -0.2) is 29.9 Å². The quantitative estimate of drug-likeness (QED) is 0.107. The van der Waals surface area contributed by atoms with Crippen molar-refractivity contribution in [2.45, 2.75) is 0 Å². The summed E-state index contributed by atoms with van der Waals surface area (Å²) in [4.78, 5) is 31.6. The Morgan fingerprint density at radius 3 is 0.960 bits per heavy atom. The highest BCUT2D eigenvalue weighted by atomic mass is 32.1. The van der Waals surface area contributed by atoms with Gasteiger partial charge in [-0.05, 0) is 125 Å². The molecule has 0 bridgehead atoms. The first-order chi connectivity index (χ1) is 61.4. The lowest BCUT2D eigenvalue weighted by Gasteiger charge is -2.13. The van der Waals surface area contributed by atoms with Crippen LogP contribution in [0.25, 0.3) is 240 Å². The number of aromatic nitrogens is 6. The van der Waals surface area contributed by atoms with E-state index in [1.165, 1.54) is 111 Å². The van der Waals surface area contributed by atoms with Crippen LogP contribution in [0.4, 0.5) is 0 Å². The van der Waals surface area contributed by atoms with E-state index >= 15 is 0 Å². The van der Waals surface area contributed by atoms with Gasteiger partial charge in [0.05, 0.1) is 54.6 Å². The third-order valence-corrected chi connectivity index (χ3v) is 26.4. The molecule has 0 N–H and O–H groups in total. The zero-order valence-electron chi connectivity index (χ0n) is 67.1. The first kappa shape index (κ1) is 73.3. The molecule has 578 valence electrons. The summed E-state index contributed by atoms with van der Waals surface area (Å²) in [6.07, 6.45) is 0. The number of thiophene rings is 2. The lowest BCUT2D eigenvalue weighted by Crippen LogP contribution is -1.96. The van der Waals surface area contributed by atoms with Gasteiger partial charge in [-0.15, -0.1) is 22.7 Å². The number of nitrogens with zero attached hydrogens (tertiary/aromatic N) is 6. The number of para-hydroxylation sites is 1. The minimum Gasteiger partial charge on any atom is -0.246 e. The fourth-order valence-corrected chi connectivity index (χ4v) is 20.3. The monoisotopic (exact) mass is 1610 g/mol. The van der Waals surface area contributed by atoms with Crippen LogP contribution in [-0.4, -0.2) is 29.9 Å². The van der Waals surface area contributed by atoms with Gasteiger partial charge in [0.1, 0.15) is 0 Å². The smallest absolute Gasteiger partial charge is 0.160 e. The van der Waals surface area contributed by atoms with E-state index in [0.29, 0.717) is 11.6 Å². The molecule has 6 nitrogen and oxygen atoms in total. The SMILES string of the molecule is c1ccc(-c2cc(-c3ccccc3)nc(-c3ccc(-c4nc5cc(-c6ccc7c8ccccc8c8ccccc8c7c6)ccc5c5c4sc4ccccc45)cc3)n2)cc1.c1ccc(-c2ccc(-c3cc(-c4ccc(-c5ccccc5)cc4)nc(-c4ccc(-c5cccc(-c6nc7c(-c8ccccc8)cccc7c7c6sc6ccccc67)c5)cc4)n3)cc2)cc1. The van der Waals surface area contributed by atoms with Crippen molar-refractivity contribution in [3.05, 3.63) is 437 Å². The highest BCUT2D eigenvalue weighted by molar-refractivity contribution is 7.27. The predicted octanol–water partition coefficient (Wildman–Crippen LogP) is 31.9. The van der Waals surface area contributed by atoms with E-state index in [0.717, 1.165) is 118 Å². The average molecular weight is 1610 g/mol. The molecule has 0 aliphatic heterocycles. The molecule has 6 heterocycles. The number of pyridine rings is 2. The van der Waals surface area contributed by atoms with Gasteiger partial charge in [0.15, 0.2) is 11.6 Å². The summed E-state index contributed by atoms with van der Waals surface area (Å²) in [7, 11) is 0. The normalized spacial score (nSPS) is 11.5. The van der Waals surface area contributed by atoms with Crippen LogP contribution < -0.4 is 0 Å². The van der Waals surface area contributed by atoms with E-state index in [9.17, 15) is 0 Å². The van der Waals surface area contributed by atoms with Crippen molar-refractivity contribution in [3.8, 4) is 146 Å². The van der Waals surface area contributed by atoms with Gasteiger partial charge in [-0.2, -0.15) is 0 Å². The summed E-state index contributed by atoms with van der Waals surface area (Å²) >= 11 is 3.64. The fourth-order valence-electron chi connectivity index (χ4n) is 17.8. The Kier molecular flexibility index (Phi) is 18.6. The molecule has 18 aromatic carbocycles. The van der Waals surface area contributed by atoms with Gasteiger partial charge < -0.3 is 0 Å². The second kappa shape index (κ2) is 31.4. The lowest BCUT2D eigenvalue weighted by atomic mass is 9.92. The number of hydrogen-bond acceptors (Lipinski definition) is 8. The molecule has 0 aliphatic carbocycles. The molecule has 6 aromatic heterocycles. The van der Waals surface area contributed by atoms with Crippen LogP contribution in [0.15, 0.2) is 437 Å². The Hall–Kier alpha value is -15.8. The lowest BCUT2D eigenvalue weighted by molar-refractivity contribution is 1.18. The van der Waals surface area contributed by atoms with Gasteiger partial charge in [0.2, 0.25) is 0 Å². The van der Waals surface area contributed by atoms with Crippen molar-refractivity contribution in [1.29, 1.82) is 0 Å². The maximum absolute atomic E-state index is 5.53. The summed E-state index contributed by atoms with van der Waals surface area (Å²) in [5, 5.41) is 15.0. The van der Waals surface area contributed by atoms with Crippen molar-refractivity contribution in [1.82, 2.24) is 29.9 Å². The van der Waals surface area contributed by atoms with Crippen molar-refractivity contribution in [2.75, 3.05) is 0 Å². The molecule has 24 rings (SSSR count). The highest BCUT2D eigenvalue weighted by Gasteiger charge is 2.23. The molecule has 0 spiro atoms. The van der Waals surface area contributed by atoms with E-state index in [1.54, 1.807) is 0 Å². The van der Waals surface area contributed by atoms with Crippen LogP contribution in [0.1, 0.15) is 0 Å². The highest BCUT2D eigenvalue weighted by Crippen LogP contribution is 2.48. The first-order valence-corrected chi connectivity index (χ1v) is 43.5. The minimum atomic E-state index is 0.679. The second-order valence-electron chi connectivity index (χ2n) is 31.5. The molecule has 0 amide bonds. The van der Waals surface area contributed by atoms with Gasteiger partial charge in [-0.1, -0.05) is 394 Å². The van der Waals surface area contributed by atoms with Crippen LogP contribution in [0.2, 0.25) is 0 Å². The molecule has 0 saturated carbocycles. The summed E-state index contributed by atoms with van der Waals surface area (Å²) in [5.41, 5.74) is 27.3. The molecule has 0 fully saturated rings. The standard InChI is InChI=1S/C61H39N3S.C55H33N3S/c1-4-14-40(15-5-1)42-26-32-46(33-27-42)54-39-55(47-34-28-43(29-35-47)41-16-6-2-7-17-41)63-61(62-54)48-36-30-44(31-37-48)49-20-12-21-50(38-49)58-60-57(52-22-10-11-25-56(52)65-60)53-24-13-23-51(59(53)64-58)45-18-8-3-9-19-45;1-3-13-34(14-4-1)48-33-49(35-15-5-2-6-16-35)58-55(57-48)37-25-23-36(24-26-37)53-54-52(46-21-11-12-22-51(46)59-54)45-30-28-39(32-50(45)56-53)38-27-29-44-42-19-8-7-17-40(42)41-18-9-10-20-43(41)47(44)31-38/h1-39H;1-33H. The van der Waals surface area contributed by atoms with Gasteiger partial charge in [-0.3, -0.25) is 0 Å². The maximum Gasteiger partial charge on any atom is 0.160 e. The molecule has 0 radical (unpaired) electrons. The topological polar surface area (TPSA) is 77.3 Å². The third kappa shape index (κ3) is 13.6. The van der Waals surface area contributed by atoms with E-state index in [4.69, 9.17) is 29.9 Å². The Morgan fingerprint density at radius 1 is 0.161 bits per heavy atom.